The van der Waals surface area contributed by atoms with E-state index in [1.54, 1.807) is 18.2 Å². The number of aromatic nitrogens is 4. The van der Waals surface area contributed by atoms with E-state index in [2.05, 4.69) is 0 Å². The molecule has 2 aliphatic heterocycles. The fourth-order valence-electron chi connectivity index (χ4n) is 5.56. The summed E-state index contributed by atoms with van der Waals surface area (Å²) in [5.74, 6) is -1.86. The van der Waals surface area contributed by atoms with Crippen LogP contribution < -0.4 is 22.4 Å². The van der Waals surface area contributed by atoms with Crippen molar-refractivity contribution in [3.8, 4) is 0 Å². The van der Waals surface area contributed by atoms with Crippen LogP contribution in [0.5, 0.6) is 0 Å². The van der Waals surface area contributed by atoms with E-state index in [1.165, 1.54) is 0 Å². The molecule has 8 bridgehead atoms. The molecule has 1 radical (unpaired) electrons. The van der Waals surface area contributed by atoms with E-state index in [1.807, 2.05) is 33.8 Å². The van der Waals surface area contributed by atoms with Gasteiger partial charge < -0.3 is 42.8 Å². The van der Waals surface area contributed by atoms with Crippen molar-refractivity contribution in [2.75, 3.05) is 0 Å². The summed E-state index contributed by atoms with van der Waals surface area (Å²) in [6.07, 6.45) is 0.335. The third-order valence-corrected chi connectivity index (χ3v) is 8.14. The van der Waals surface area contributed by atoms with Gasteiger partial charge in [-0.2, -0.15) is 0 Å². The predicted octanol–water partition coefficient (Wildman–Crippen LogP) is 1.77. The van der Waals surface area contributed by atoms with E-state index in [4.69, 9.17) is 19.9 Å². The fourth-order valence-corrected chi connectivity index (χ4v) is 5.56. The summed E-state index contributed by atoms with van der Waals surface area (Å²) in [5.41, 5.74) is 10.7. The second-order valence-electron chi connectivity index (χ2n) is 10.6. The molecule has 3 aromatic heterocycles. The Morgan fingerprint density at radius 1 is 0.636 bits per heavy atom. The third kappa shape index (κ3) is 6.52. The Morgan fingerprint density at radius 3 is 1.43 bits per heavy atom. The maximum absolute atomic E-state index is 11.5. The molecule has 44 heavy (non-hydrogen) atoms. The summed E-state index contributed by atoms with van der Waals surface area (Å²) < 4.78 is 0. The summed E-state index contributed by atoms with van der Waals surface area (Å²) in [6.45, 7) is 7.05. The van der Waals surface area contributed by atoms with Crippen molar-refractivity contribution in [2.24, 2.45) is 0 Å². The maximum Gasteiger partial charge on any atom is 3.00 e. The molecule has 0 saturated heterocycles. The number of hydrogen-bond donors (Lipinski definition) is 4. The van der Waals surface area contributed by atoms with Gasteiger partial charge in [-0.25, -0.2) is 9.97 Å². The number of rotatable bonds is 8. The minimum Gasteiger partial charge on any atom is -1.00 e. The molecular weight excluding hydrogens is 628 g/mol. The standard InChI is InChI=1S/C32H34N4O6.ClH.Fe/c1-15-19(5-7-31(39)40)27-12-28-20(6-8-32(41)42)16(2)25(34-28)10-29-22(14-38)18(4)26(36-29)11-30-21(13-37)17(3)24(35-30)9-23(15)33-27;;/h9-12,37-38H,5-8,13-14H2,1-4H3,(H4,33,34,35,36,39,40,41,42);1H;/q;;+3/p-3. The number of hydrogen-bond acceptors (Lipinski definition) is 6. The summed E-state index contributed by atoms with van der Waals surface area (Å²) in [4.78, 5) is 42.3. The van der Waals surface area contributed by atoms with Crippen molar-refractivity contribution in [1.82, 2.24) is 19.9 Å². The third-order valence-electron chi connectivity index (χ3n) is 8.14. The zero-order valence-electron chi connectivity index (χ0n) is 24.7. The molecule has 0 saturated carbocycles. The minimum atomic E-state index is -0.929. The molecule has 2 aliphatic rings. The average molecular weight is 660 g/mol. The summed E-state index contributed by atoms with van der Waals surface area (Å²) in [6, 6.07) is 7.21. The van der Waals surface area contributed by atoms with Crippen LogP contribution in [0, 0.1) is 13.8 Å². The van der Waals surface area contributed by atoms with Gasteiger partial charge in [0.1, 0.15) is 0 Å². The molecule has 0 unspecified atom stereocenters. The van der Waals surface area contributed by atoms with Gasteiger partial charge in [-0.05, 0) is 80.0 Å². The molecule has 231 valence electrons. The second kappa shape index (κ2) is 13.9. The molecule has 0 spiro atoms. The quantitative estimate of drug-likeness (QED) is 0.262. The van der Waals surface area contributed by atoms with Crippen LogP contribution in [0.15, 0.2) is 24.3 Å². The molecular formula is C32H32ClFeN4O6. The monoisotopic (exact) mass is 659 g/mol. The van der Waals surface area contributed by atoms with Crippen molar-refractivity contribution < 1.29 is 59.5 Å². The number of aliphatic carboxylic acids is 2. The first-order valence-electron chi connectivity index (χ1n) is 13.7. The van der Waals surface area contributed by atoms with Crippen LogP contribution in [-0.4, -0.2) is 42.3 Å². The molecule has 10 nitrogen and oxygen atoms in total. The molecule has 3 aromatic rings. The second-order valence-corrected chi connectivity index (χ2v) is 10.6. The molecule has 12 heteroatoms. The number of aryl methyl sites for hydroxylation is 2. The first kappa shape index (κ1) is 34.8. The Morgan fingerprint density at radius 2 is 1.02 bits per heavy atom. The maximum atomic E-state index is 11.5. The van der Waals surface area contributed by atoms with Crippen molar-refractivity contribution in [3.05, 3.63) is 69.3 Å². The Bertz CT molecular complexity index is 1870. The van der Waals surface area contributed by atoms with Gasteiger partial charge in [0.05, 0.1) is 36.0 Å². The number of carboxylic acids is 2. The molecule has 0 atom stereocenters. The SMILES string of the molecule is CC1=C(CCC(=O)O)c2cc3nc(cc4[n-]c(cc5[n-]c(cc1n2)c(C)c5CO)c(C)c4CO)C(C)=C3CCC(=O)O.[Cl-].[Fe+3]. The number of nitrogens with zero attached hydrogens (tertiary/aromatic N) is 4. The molecule has 5 heterocycles. The Balaban J connectivity index is 0.00000264. The molecule has 4 N–H and O–H groups in total. The Hall–Kier alpha value is -3.73. The Kier molecular flexibility index (Phi) is 11.0. The number of allylic oxidation sites excluding steroid dienone is 4. The zero-order chi connectivity index (χ0) is 30.3. The number of carbonyl (C=O) groups is 2. The fraction of sp³-hybridized carbons (Fsp3) is 0.312. The first-order chi connectivity index (χ1) is 20.0. The molecule has 0 aliphatic carbocycles. The van der Waals surface area contributed by atoms with Crippen molar-refractivity contribution in [2.45, 2.75) is 66.6 Å². The molecule has 0 aromatic carbocycles. The summed E-state index contributed by atoms with van der Waals surface area (Å²) in [5, 5.41) is 39.3. The van der Waals surface area contributed by atoms with Crippen LogP contribution in [0.25, 0.3) is 44.4 Å². The smallest absolute Gasteiger partial charge is 1.00 e. The number of fused-ring (bicyclic) bond motifs is 8. The van der Waals surface area contributed by atoms with Gasteiger partial charge in [-0.1, -0.05) is 29.3 Å². The van der Waals surface area contributed by atoms with Crippen molar-refractivity contribution in [1.29, 1.82) is 0 Å². The van der Waals surface area contributed by atoms with E-state index >= 15 is 0 Å². The normalized spacial score (nSPS) is 12.7. The molecule has 5 rings (SSSR count). The Labute approximate surface area is 270 Å². The van der Waals surface area contributed by atoms with Crippen LogP contribution in [0.4, 0.5) is 0 Å². The number of aliphatic hydroxyl groups is 2. The first-order valence-corrected chi connectivity index (χ1v) is 13.7. The van der Waals surface area contributed by atoms with Gasteiger partial charge in [-0.15, -0.1) is 22.1 Å². The molecule has 0 amide bonds. The van der Waals surface area contributed by atoms with E-state index < -0.39 is 11.9 Å². The van der Waals surface area contributed by atoms with Gasteiger partial charge in [0, 0.05) is 12.8 Å². The number of halogens is 1. The minimum absolute atomic E-state index is 0. The van der Waals surface area contributed by atoms with E-state index in [-0.39, 0.29) is 68.4 Å². The van der Waals surface area contributed by atoms with Gasteiger partial charge in [0.2, 0.25) is 0 Å². The van der Waals surface area contributed by atoms with Gasteiger partial charge in [0.25, 0.3) is 0 Å². The van der Waals surface area contributed by atoms with Gasteiger partial charge in [-0.3, -0.25) is 9.59 Å². The predicted molar refractivity (Wildman–Crippen MR) is 159 cm³/mol. The van der Waals surface area contributed by atoms with Crippen LogP contribution >= 0.6 is 0 Å². The zero-order valence-corrected chi connectivity index (χ0v) is 26.5. The van der Waals surface area contributed by atoms with Crippen LogP contribution in [0.3, 0.4) is 0 Å². The van der Waals surface area contributed by atoms with Crippen molar-refractivity contribution >= 4 is 56.3 Å². The van der Waals surface area contributed by atoms with E-state index in [0.717, 1.165) is 33.4 Å². The van der Waals surface area contributed by atoms with E-state index in [0.29, 0.717) is 56.0 Å². The number of aliphatic hydroxyl groups excluding tert-OH is 2. The largest absolute Gasteiger partial charge is 3.00 e. The van der Waals surface area contributed by atoms with Gasteiger partial charge >= 0.3 is 29.0 Å². The summed E-state index contributed by atoms with van der Waals surface area (Å²) in [7, 11) is 0. The van der Waals surface area contributed by atoms with Crippen LogP contribution in [-0.2, 0) is 39.9 Å². The average Bonchev–Trinajstić information content (AvgIpc) is 3.59. The summed E-state index contributed by atoms with van der Waals surface area (Å²) >= 11 is 0. The topological polar surface area (TPSA) is 169 Å². The van der Waals surface area contributed by atoms with E-state index in [9.17, 15) is 30.0 Å². The van der Waals surface area contributed by atoms with Crippen LogP contribution in [0.2, 0.25) is 0 Å². The van der Waals surface area contributed by atoms with Crippen LogP contribution in [0.1, 0.15) is 84.6 Å². The van der Waals surface area contributed by atoms with Gasteiger partial charge in [0.15, 0.2) is 0 Å². The molecule has 0 fully saturated rings. The number of carboxylic acid groups (broad SMARTS) is 2. The van der Waals surface area contributed by atoms with Crippen molar-refractivity contribution in [3.63, 3.8) is 0 Å².